The third-order valence-electron chi connectivity index (χ3n) is 4.64. The van der Waals surface area contributed by atoms with Gasteiger partial charge in [0.15, 0.2) is 0 Å². The van der Waals surface area contributed by atoms with Gasteiger partial charge in [-0.2, -0.15) is 0 Å². The molecule has 2 heterocycles. The molecule has 20 heavy (non-hydrogen) atoms. The monoisotopic (exact) mass is 273 g/mol. The summed E-state index contributed by atoms with van der Waals surface area (Å²) in [4.78, 5) is 14.3. The Balaban J connectivity index is 1.52. The number of aryl methyl sites for hydroxylation is 2. The largest absolute Gasteiger partial charge is 0.373 e. The van der Waals surface area contributed by atoms with Crippen LogP contribution in [0.25, 0.3) is 0 Å². The third-order valence-corrected chi connectivity index (χ3v) is 4.64. The first kappa shape index (κ1) is 13.6. The van der Waals surface area contributed by atoms with E-state index in [1.807, 2.05) is 17.0 Å². The Morgan fingerprint density at radius 1 is 1.35 bits per heavy atom. The first-order chi connectivity index (χ1) is 9.63. The lowest BCUT2D eigenvalue weighted by molar-refractivity contribution is -0.131. The number of nitrogens with zero attached hydrogens (tertiary/aromatic N) is 1. The Hall–Kier alpha value is -1.35. The number of amides is 1. The molecule has 3 heteroatoms. The molecule has 0 aliphatic carbocycles. The summed E-state index contributed by atoms with van der Waals surface area (Å²) >= 11 is 0. The molecule has 0 unspecified atom stereocenters. The van der Waals surface area contributed by atoms with Gasteiger partial charge in [-0.1, -0.05) is 24.3 Å². The summed E-state index contributed by atoms with van der Waals surface area (Å²) in [7, 11) is 0. The van der Waals surface area contributed by atoms with Gasteiger partial charge in [0.1, 0.15) is 0 Å². The number of fused-ring (bicyclic) bond motifs is 1. The molecular weight excluding hydrogens is 250 g/mol. The molecule has 0 spiro atoms. The molecule has 1 aromatic carbocycles. The zero-order valence-electron chi connectivity index (χ0n) is 12.3. The highest BCUT2D eigenvalue weighted by atomic mass is 16.5. The van der Waals surface area contributed by atoms with Crippen LogP contribution in [0, 0.1) is 12.8 Å². The summed E-state index contributed by atoms with van der Waals surface area (Å²) in [6.07, 6.45) is 3.21. The molecule has 2 aliphatic heterocycles. The summed E-state index contributed by atoms with van der Waals surface area (Å²) in [5, 5.41) is 0. The van der Waals surface area contributed by atoms with E-state index in [0.717, 1.165) is 25.9 Å². The summed E-state index contributed by atoms with van der Waals surface area (Å²) in [6.45, 7) is 5.92. The number of hydrogen-bond acceptors (Lipinski definition) is 2. The molecule has 3 atom stereocenters. The highest BCUT2D eigenvalue weighted by molar-refractivity contribution is 5.77. The second-order valence-corrected chi connectivity index (χ2v) is 6.21. The molecule has 3 nitrogen and oxygen atoms in total. The van der Waals surface area contributed by atoms with Gasteiger partial charge in [0.25, 0.3) is 0 Å². The van der Waals surface area contributed by atoms with Crippen LogP contribution < -0.4 is 0 Å². The molecule has 0 saturated carbocycles. The van der Waals surface area contributed by atoms with Crippen LogP contribution in [0.4, 0.5) is 0 Å². The van der Waals surface area contributed by atoms with E-state index in [1.54, 1.807) is 0 Å². The van der Waals surface area contributed by atoms with E-state index in [9.17, 15) is 4.79 Å². The molecule has 2 fully saturated rings. The maximum absolute atomic E-state index is 12.3. The predicted molar refractivity (Wildman–Crippen MR) is 78.5 cm³/mol. The summed E-state index contributed by atoms with van der Waals surface area (Å²) in [6, 6.07) is 8.31. The SMILES string of the molecule is Cc1ccccc1CCC(=O)N1C[C@H]2C[C@H](C)O[C@H]2C1. The summed E-state index contributed by atoms with van der Waals surface area (Å²) in [5.74, 6) is 0.839. The quantitative estimate of drug-likeness (QED) is 0.847. The lowest BCUT2D eigenvalue weighted by Crippen LogP contribution is -2.31. The van der Waals surface area contributed by atoms with Crippen molar-refractivity contribution in [2.24, 2.45) is 5.92 Å². The molecule has 0 radical (unpaired) electrons. The molecular formula is C17H23NO2. The standard InChI is InChI=1S/C17H23NO2/c1-12-5-3-4-6-14(12)7-8-17(19)18-10-15-9-13(2)20-16(15)11-18/h3-6,13,15-16H,7-11H2,1-2H3/t13-,15+,16-/m0/s1. The Morgan fingerprint density at radius 3 is 2.90 bits per heavy atom. The minimum atomic E-state index is 0.277. The number of hydrogen-bond donors (Lipinski definition) is 0. The molecule has 2 aliphatic rings. The van der Waals surface area contributed by atoms with Crippen molar-refractivity contribution >= 4 is 5.91 Å². The molecule has 1 aromatic rings. The fourth-order valence-corrected chi connectivity index (χ4v) is 3.50. The maximum Gasteiger partial charge on any atom is 0.223 e. The predicted octanol–water partition coefficient (Wildman–Crippen LogP) is 2.56. The van der Waals surface area contributed by atoms with Crippen LogP contribution in [0.15, 0.2) is 24.3 Å². The Kier molecular flexibility index (Phi) is 3.79. The van der Waals surface area contributed by atoms with Crippen LogP contribution in [0.1, 0.15) is 30.9 Å². The number of carbonyl (C=O) groups is 1. The van der Waals surface area contributed by atoms with Crippen molar-refractivity contribution in [2.45, 2.75) is 45.3 Å². The summed E-state index contributed by atoms with van der Waals surface area (Å²) < 4.78 is 5.85. The number of rotatable bonds is 3. The van der Waals surface area contributed by atoms with Crippen LogP contribution in [-0.4, -0.2) is 36.1 Å². The van der Waals surface area contributed by atoms with Crippen molar-refractivity contribution in [1.29, 1.82) is 0 Å². The third kappa shape index (κ3) is 2.73. The van der Waals surface area contributed by atoms with Crippen LogP contribution >= 0.6 is 0 Å². The van der Waals surface area contributed by atoms with E-state index in [2.05, 4.69) is 26.0 Å². The number of benzene rings is 1. The molecule has 0 N–H and O–H groups in total. The molecule has 108 valence electrons. The highest BCUT2D eigenvalue weighted by Crippen LogP contribution is 2.32. The van der Waals surface area contributed by atoms with Gasteiger partial charge in [-0.25, -0.2) is 0 Å². The highest BCUT2D eigenvalue weighted by Gasteiger charge is 2.41. The van der Waals surface area contributed by atoms with E-state index in [0.29, 0.717) is 18.4 Å². The van der Waals surface area contributed by atoms with Gasteiger partial charge in [0, 0.05) is 25.4 Å². The average molecular weight is 273 g/mol. The minimum Gasteiger partial charge on any atom is -0.373 e. The van der Waals surface area contributed by atoms with Gasteiger partial charge < -0.3 is 9.64 Å². The Labute approximate surface area is 120 Å². The van der Waals surface area contributed by atoms with Crippen molar-refractivity contribution in [2.75, 3.05) is 13.1 Å². The molecule has 0 bridgehead atoms. The Morgan fingerprint density at radius 2 is 2.15 bits per heavy atom. The zero-order chi connectivity index (χ0) is 14.1. The number of carbonyl (C=O) groups excluding carboxylic acids is 1. The van der Waals surface area contributed by atoms with Crippen LogP contribution in [0.2, 0.25) is 0 Å². The van der Waals surface area contributed by atoms with E-state index in [4.69, 9.17) is 4.74 Å². The normalized spacial score (nSPS) is 28.7. The van der Waals surface area contributed by atoms with Crippen molar-refractivity contribution in [1.82, 2.24) is 4.90 Å². The lowest BCUT2D eigenvalue weighted by Gasteiger charge is -2.18. The zero-order valence-corrected chi connectivity index (χ0v) is 12.3. The molecule has 2 saturated heterocycles. The van der Waals surface area contributed by atoms with Crippen molar-refractivity contribution in [3.8, 4) is 0 Å². The maximum atomic E-state index is 12.3. The van der Waals surface area contributed by atoms with Crippen LogP contribution in [-0.2, 0) is 16.0 Å². The van der Waals surface area contributed by atoms with Gasteiger partial charge in [-0.3, -0.25) is 4.79 Å². The van der Waals surface area contributed by atoms with E-state index >= 15 is 0 Å². The van der Waals surface area contributed by atoms with Crippen molar-refractivity contribution < 1.29 is 9.53 Å². The van der Waals surface area contributed by atoms with E-state index in [-0.39, 0.29) is 12.0 Å². The average Bonchev–Trinajstić information content (AvgIpc) is 2.94. The topological polar surface area (TPSA) is 29.5 Å². The van der Waals surface area contributed by atoms with Gasteiger partial charge in [-0.05, 0) is 37.8 Å². The van der Waals surface area contributed by atoms with Crippen molar-refractivity contribution in [3.63, 3.8) is 0 Å². The first-order valence-corrected chi connectivity index (χ1v) is 7.61. The Bertz CT molecular complexity index is 486. The van der Waals surface area contributed by atoms with Crippen LogP contribution in [0.3, 0.4) is 0 Å². The van der Waals surface area contributed by atoms with Crippen molar-refractivity contribution in [3.05, 3.63) is 35.4 Å². The fraction of sp³-hybridized carbons (Fsp3) is 0.588. The molecule has 1 amide bonds. The number of ether oxygens (including phenoxy) is 1. The first-order valence-electron chi connectivity index (χ1n) is 7.61. The fourth-order valence-electron chi connectivity index (χ4n) is 3.50. The van der Waals surface area contributed by atoms with E-state index < -0.39 is 0 Å². The molecule has 0 aromatic heterocycles. The van der Waals surface area contributed by atoms with Crippen LogP contribution in [0.5, 0.6) is 0 Å². The van der Waals surface area contributed by atoms with Gasteiger partial charge in [-0.15, -0.1) is 0 Å². The van der Waals surface area contributed by atoms with Gasteiger partial charge >= 0.3 is 0 Å². The lowest BCUT2D eigenvalue weighted by atomic mass is 10.0. The van der Waals surface area contributed by atoms with Gasteiger partial charge in [0.05, 0.1) is 12.2 Å². The number of likely N-dealkylation sites (tertiary alicyclic amines) is 1. The smallest absolute Gasteiger partial charge is 0.223 e. The van der Waals surface area contributed by atoms with Gasteiger partial charge in [0.2, 0.25) is 5.91 Å². The summed E-state index contributed by atoms with van der Waals surface area (Å²) in [5.41, 5.74) is 2.56. The second kappa shape index (κ2) is 5.57. The van der Waals surface area contributed by atoms with E-state index in [1.165, 1.54) is 11.1 Å². The second-order valence-electron chi connectivity index (χ2n) is 6.21. The minimum absolute atomic E-state index is 0.277. The molecule has 3 rings (SSSR count).